The van der Waals surface area contributed by atoms with Gasteiger partial charge in [0.05, 0.1) is 0 Å². The molecular weight excluding hydrogens is 218 g/mol. The lowest BCUT2D eigenvalue weighted by atomic mass is 10.2. The number of nitrogens with one attached hydrogen (secondary N) is 1. The van der Waals surface area contributed by atoms with E-state index >= 15 is 0 Å². The molecule has 2 aliphatic heterocycles. The quantitative estimate of drug-likeness (QED) is 0.816. The predicted molar refractivity (Wildman–Crippen MR) is 72.2 cm³/mol. The van der Waals surface area contributed by atoms with Crippen LogP contribution in [0.1, 0.15) is 26.7 Å². The Morgan fingerprint density at radius 2 is 2.25 bits per heavy atom. The first-order valence-electron chi connectivity index (χ1n) is 6.40. The molecule has 1 fully saturated rings. The van der Waals surface area contributed by atoms with Gasteiger partial charge in [0, 0.05) is 24.9 Å². The van der Waals surface area contributed by atoms with Gasteiger partial charge in [0.25, 0.3) is 0 Å². The number of hydrogen-bond donors (Lipinski definition) is 1. The van der Waals surface area contributed by atoms with Crippen molar-refractivity contribution in [3.63, 3.8) is 0 Å². The molecule has 16 heavy (non-hydrogen) atoms. The minimum absolute atomic E-state index is 0.526. The van der Waals surface area contributed by atoms with Gasteiger partial charge >= 0.3 is 0 Å². The van der Waals surface area contributed by atoms with E-state index in [1.165, 1.54) is 31.7 Å². The van der Waals surface area contributed by atoms with Crippen molar-refractivity contribution in [2.24, 2.45) is 10.9 Å². The summed E-state index contributed by atoms with van der Waals surface area (Å²) in [7, 11) is 0. The zero-order valence-corrected chi connectivity index (χ0v) is 11.2. The van der Waals surface area contributed by atoms with Crippen molar-refractivity contribution >= 4 is 16.9 Å². The first-order valence-corrected chi connectivity index (χ1v) is 7.39. The second-order valence-corrected chi connectivity index (χ2v) is 6.12. The molecule has 2 heterocycles. The summed E-state index contributed by atoms with van der Waals surface area (Å²) in [4.78, 5) is 7.12. The molecule has 2 aliphatic rings. The Balaban J connectivity index is 1.71. The minimum Gasteiger partial charge on any atom is -0.361 e. The smallest absolute Gasteiger partial charge is 0.156 e. The van der Waals surface area contributed by atoms with E-state index in [-0.39, 0.29) is 0 Å². The van der Waals surface area contributed by atoms with Crippen molar-refractivity contribution < 1.29 is 0 Å². The number of nitrogens with zero attached hydrogens (tertiary/aromatic N) is 2. The maximum atomic E-state index is 4.57. The molecular formula is C12H23N3S. The average molecular weight is 241 g/mol. The normalized spacial score (nSPS) is 28.9. The zero-order valence-electron chi connectivity index (χ0n) is 10.4. The Morgan fingerprint density at radius 1 is 1.50 bits per heavy atom. The van der Waals surface area contributed by atoms with Gasteiger partial charge in [0.1, 0.15) is 0 Å². The molecule has 2 unspecified atom stereocenters. The van der Waals surface area contributed by atoms with E-state index in [4.69, 9.17) is 0 Å². The van der Waals surface area contributed by atoms with Crippen molar-refractivity contribution in [2.45, 2.75) is 32.7 Å². The van der Waals surface area contributed by atoms with Crippen LogP contribution < -0.4 is 5.32 Å². The highest BCUT2D eigenvalue weighted by Gasteiger charge is 2.17. The van der Waals surface area contributed by atoms with Gasteiger partial charge in [0.2, 0.25) is 0 Å². The average Bonchev–Trinajstić information content (AvgIpc) is 2.74. The molecule has 0 aromatic rings. The molecule has 0 bridgehead atoms. The van der Waals surface area contributed by atoms with Crippen molar-refractivity contribution in [2.75, 3.05) is 31.9 Å². The lowest BCUT2D eigenvalue weighted by Crippen LogP contribution is -2.41. The van der Waals surface area contributed by atoms with Crippen LogP contribution in [-0.4, -0.2) is 48.0 Å². The van der Waals surface area contributed by atoms with Crippen molar-refractivity contribution in [1.82, 2.24) is 10.2 Å². The summed E-state index contributed by atoms with van der Waals surface area (Å²) >= 11 is 1.88. The Hall–Kier alpha value is -0.220. The van der Waals surface area contributed by atoms with Crippen LogP contribution in [0, 0.1) is 5.92 Å². The molecule has 2 atom stereocenters. The highest BCUT2D eigenvalue weighted by molar-refractivity contribution is 8.13. The van der Waals surface area contributed by atoms with Gasteiger partial charge in [-0.15, -0.1) is 0 Å². The molecule has 0 aromatic carbocycles. The standard InChI is InChI=1S/C12H23N3S/c1-10-7-13-12(16-9-10)14-11(2)8-15-5-3-4-6-15/h10-11H,3-9H2,1-2H3,(H,13,14). The largest absolute Gasteiger partial charge is 0.361 e. The number of amidine groups is 1. The summed E-state index contributed by atoms with van der Waals surface area (Å²) in [6, 6.07) is 0.526. The van der Waals surface area contributed by atoms with Crippen LogP contribution in [0.2, 0.25) is 0 Å². The molecule has 0 amide bonds. The molecule has 4 heteroatoms. The molecule has 1 N–H and O–H groups in total. The Labute approximate surface area is 103 Å². The minimum atomic E-state index is 0.526. The second kappa shape index (κ2) is 5.92. The van der Waals surface area contributed by atoms with E-state index in [9.17, 15) is 0 Å². The van der Waals surface area contributed by atoms with Gasteiger partial charge in [0.15, 0.2) is 5.17 Å². The highest BCUT2D eigenvalue weighted by atomic mass is 32.2. The van der Waals surface area contributed by atoms with Gasteiger partial charge in [-0.1, -0.05) is 18.7 Å². The van der Waals surface area contributed by atoms with Crippen LogP contribution in [0.4, 0.5) is 0 Å². The lowest BCUT2D eigenvalue weighted by Gasteiger charge is -2.24. The number of thioether (sulfide) groups is 1. The van der Waals surface area contributed by atoms with E-state index in [1.807, 2.05) is 11.8 Å². The fourth-order valence-electron chi connectivity index (χ4n) is 2.25. The SMILES string of the molecule is CC1CN=C(NC(C)CN2CCCC2)SC1. The van der Waals surface area contributed by atoms with Gasteiger partial charge in [-0.05, 0) is 38.8 Å². The van der Waals surface area contributed by atoms with Gasteiger partial charge in [-0.3, -0.25) is 4.99 Å². The van der Waals surface area contributed by atoms with E-state index in [1.54, 1.807) is 0 Å². The maximum Gasteiger partial charge on any atom is 0.156 e. The predicted octanol–water partition coefficient (Wildman–Crippen LogP) is 1.80. The third-order valence-corrected chi connectivity index (χ3v) is 4.41. The molecule has 0 aliphatic carbocycles. The molecule has 0 radical (unpaired) electrons. The summed E-state index contributed by atoms with van der Waals surface area (Å²) in [6.45, 7) is 9.24. The number of rotatable bonds is 3. The monoisotopic (exact) mass is 241 g/mol. The Kier molecular flexibility index (Phi) is 4.53. The van der Waals surface area contributed by atoms with E-state index in [2.05, 4.69) is 29.1 Å². The first-order chi connectivity index (χ1) is 7.74. The van der Waals surface area contributed by atoms with Crippen LogP contribution in [0.5, 0.6) is 0 Å². The van der Waals surface area contributed by atoms with Gasteiger partial charge < -0.3 is 10.2 Å². The van der Waals surface area contributed by atoms with E-state index in [0.717, 1.165) is 24.2 Å². The second-order valence-electron chi connectivity index (χ2n) is 5.12. The molecule has 1 saturated heterocycles. The van der Waals surface area contributed by atoms with Crippen LogP contribution in [0.25, 0.3) is 0 Å². The summed E-state index contributed by atoms with van der Waals surface area (Å²) < 4.78 is 0. The molecule has 0 aromatic heterocycles. The highest BCUT2D eigenvalue weighted by Crippen LogP contribution is 2.16. The fraction of sp³-hybridized carbons (Fsp3) is 0.917. The molecule has 92 valence electrons. The third kappa shape index (κ3) is 3.67. The van der Waals surface area contributed by atoms with E-state index in [0.29, 0.717) is 6.04 Å². The first kappa shape index (κ1) is 12.2. The van der Waals surface area contributed by atoms with Crippen LogP contribution in [-0.2, 0) is 0 Å². The Morgan fingerprint density at radius 3 is 2.88 bits per heavy atom. The zero-order chi connectivity index (χ0) is 11.4. The van der Waals surface area contributed by atoms with Crippen molar-refractivity contribution in [3.8, 4) is 0 Å². The topological polar surface area (TPSA) is 27.6 Å². The van der Waals surface area contributed by atoms with Crippen molar-refractivity contribution in [3.05, 3.63) is 0 Å². The summed E-state index contributed by atoms with van der Waals surface area (Å²) in [5, 5.41) is 4.69. The molecule has 0 saturated carbocycles. The molecule has 0 spiro atoms. The number of hydrogen-bond acceptors (Lipinski definition) is 4. The maximum absolute atomic E-state index is 4.57. The van der Waals surface area contributed by atoms with Crippen molar-refractivity contribution in [1.29, 1.82) is 0 Å². The van der Waals surface area contributed by atoms with Crippen LogP contribution in [0.15, 0.2) is 4.99 Å². The molecule has 2 rings (SSSR count). The summed E-state index contributed by atoms with van der Waals surface area (Å²) in [5.41, 5.74) is 0. The number of aliphatic imine (C=N–C) groups is 1. The Bertz CT molecular complexity index is 249. The van der Waals surface area contributed by atoms with E-state index < -0.39 is 0 Å². The summed E-state index contributed by atoms with van der Waals surface area (Å²) in [5.74, 6) is 1.95. The molecule has 3 nitrogen and oxygen atoms in total. The van der Waals surface area contributed by atoms with Gasteiger partial charge in [-0.25, -0.2) is 0 Å². The van der Waals surface area contributed by atoms with Crippen LogP contribution in [0.3, 0.4) is 0 Å². The number of likely N-dealkylation sites (tertiary alicyclic amines) is 1. The van der Waals surface area contributed by atoms with Crippen LogP contribution >= 0.6 is 11.8 Å². The lowest BCUT2D eigenvalue weighted by molar-refractivity contribution is 0.312. The third-order valence-electron chi connectivity index (χ3n) is 3.15. The fourth-order valence-corrected chi connectivity index (χ4v) is 3.25. The summed E-state index contributed by atoms with van der Waals surface area (Å²) in [6.07, 6.45) is 2.75. The van der Waals surface area contributed by atoms with Gasteiger partial charge in [-0.2, -0.15) is 0 Å².